The van der Waals surface area contributed by atoms with Crippen molar-refractivity contribution in [3.8, 4) is 0 Å². The molecule has 0 bridgehead atoms. The Morgan fingerprint density at radius 1 is 1.32 bits per heavy atom. The van der Waals surface area contributed by atoms with Crippen molar-refractivity contribution in [1.82, 2.24) is 5.32 Å². The molecular weight excluding hydrogens is 248 g/mol. The van der Waals surface area contributed by atoms with Crippen molar-refractivity contribution in [2.75, 3.05) is 31.4 Å². The summed E-state index contributed by atoms with van der Waals surface area (Å²) in [6, 6.07) is 5.68. The second-order valence-electron chi connectivity index (χ2n) is 3.84. The van der Waals surface area contributed by atoms with Gasteiger partial charge in [0.2, 0.25) is 5.91 Å². The summed E-state index contributed by atoms with van der Waals surface area (Å²) in [6.07, 6.45) is 0. The van der Waals surface area contributed by atoms with Gasteiger partial charge < -0.3 is 26.4 Å². The third-order valence-corrected chi connectivity index (χ3v) is 2.30. The molecule has 5 N–H and O–H groups in total. The topological polar surface area (TPSA) is 105 Å². The monoisotopic (exact) mass is 266 g/mol. The molecule has 1 atom stereocenters. The van der Waals surface area contributed by atoms with Crippen LogP contribution < -0.4 is 21.7 Å². The lowest BCUT2D eigenvalue weighted by atomic mass is 10.2. The van der Waals surface area contributed by atoms with Crippen LogP contribution in [0, 0.1) is 0 Å². The lowest BCUT2D eigenvalue weighted by Crippen LogP contribution is -2.39. The SMILES string of the molecule is CNC(=O)Nc1cccc(NC(=O)C(N)COC)c1. The molecule has 0 aliphatic heterocycles. The predicted octanol–water partition coefficient (Wildman–Crippen LogP) is 0.350. The van der Waals surface area contributed by atoms with Gasteiger partial charge in [-0.3, -0.25) is 4.79 Å². The highest BCUT2D eigenvalue weighted by Gasteiger charge is 2.13. The normalized spacial score (nSPS) is 11.5. The smallest absolute Gasteiger partial charge is 0.318 e. The predicted molar refractivity (Wildman–Crippen MR) is 73.0 cm³/mol. The van der Waals surface area contributed by atoms with Crippen molar-refractivity contribution in [2.24, 2.45) is 5.73 Å². The number of urea groups is 1. The number of rotatable bonds is 5. The average Bonchev–Trinajstić information content (AvgIpc) is 2.39. The van der Waals surface area contributed by atoms with E-state index in [1.54, 1.807) is 24.3 Å². The maximum atomic E-state index is 11.7. The third kappa shape index (κ3) is 4.94. The molecule has 0 spiro atoms. The highest BCUT2D eigenvalue weighted by Crippen LogP contribution is 2.15. The fourth-order valence-corrected chi connectivity index (χ4v) is 1.36. The van der Waals surface area contributed by atoms with Crippen molar-refractivity contribution < 1.29 is 14.3 Å². The van der Waals surface area contributed by atoms with Crippen LogP contribution in [0.15, 0.2) is 24.3 Å². The van der Waals surface area contributed by atoms with Crippen LogP contribution in [-0.4, -0.2) is 38.7 Å². The second kappa shape index (κ2) is 7.34. The fourth-order valence-electron chi connectivity index (χ4n) is 1.36. The fraction of sp³-hybridized carbons (Fsp3) is 0.333. The average molecular weight is 266 g/mol. The van der Waals surface area contributed by atoms with E-state index in [-0.39, 0.29) is 18.5 Å². The van der Waals surface area contributed by atoms with Crippen LogP contribution in [-0.2, 0) is 9.53 Å². The van der Waals surface area contributed by atoms with Gasteiger partial charge >= 0.3 is 6.03 Å². The maximum Gasteiger partial charge on any atom is 0.318 e. The number of carbonyl (C=O) groups excluding carboxylic acids is 2. The van der Waals surface area contributed by atoms with Crippen molar-refractivity contribution >= 4 is 23.3 Å². The minimum atomic E-state index is -0.736. The molecule has 3 amide bonds. The van der Waals surface area contributed by atoms with Crippen molar-refractivity contribution in [3.63, 3.8) is 0 Å². The highest BCUT2D eigenvalue weighted by atomic mass is 16.5. The summed E-state index contributed by atoms with van der Waals surface area (Å²) in [5.74, 6) is -0.348. The Hall–Kier alpha value is -2.12. The zero-order valence-corrected chi connectivity index (χ0v) is 10.9. The first kappa shape index (κ1) is 14.9. The number of benzene rings is 1. The number of ether oxygens (including phenoxy) is 1. The molecule has 7 heteroatoms. The van der Waals surface area contributed by atoms with Gasteiger partial charge in [-0.25, -0.2) is 4.79 Å². The van der Waals surface area contributed by atoms with Gasteiger partial charge in [-0.1, -0.05) is 6.07 Å². The Balaban J connectivity index is 2.66. The Morgan fingerprint density at radius 3 is 2.53 bits per heavy atom. The number of hydrogen-bond donors (Lipinski definition) is 4. The summed E-state index contributed by atoms with van der Waals surface area (Å²) >= 11 is 0. The lowest BCUT2D eigenvalue weighted by molar-refractivity contribution is -0.118. The number of carbonyl (C=O) groups is 2. The zero-order chi connectivity index (χ0) is 14.3. The van der Waals surface area contributed by atoms with E-state index in [1.165, 1.54) is 14.2 Å². The van der Waals surface area contributed by atoms with E-state index in [1.807, 2.05) is 0 Å². The van der Waals surface area contributed by atoms with E-state index >= 15 is 0 Å². The first-order valence-corrected chi connectivity index (χ1v) is 5.71. The van der Waals surface area contributed by atoms with E-state index in [9.17, 15) is 9.59 Å². The van der Waals surface area contributed by atoms with Crippen molar-refractivity contribution in [2.45, 2.75) is 6.04 Å². The summed E-state index contributed by atoms with van der Waals surface area (Å²) in [5, 5.41) is 7.68. The molecule has 7 nitrogen and oxygen atoms in total. The van der Waals surface area contributed by atoms with Gasteiger partial charge in [0.05, 0.1) is 6.61 Å². The van der Waals surface area contributed by atoms with E-state index in [0.717, 1.165) is 0 Å². The lowest BCUT2D eigenvalue weighted by Gasteiger charge is -2.12. The summed E-state index contributed by atoms with van der Waals surface area (Å²) in [7, 11) is 2.99. The Bertz CT molecular complexity index is 450. The van der Waals surface area contributed by atoms with Gasteiger partial charge in [0.25, 0.3) is 0 Å². The van der Waals surface area contributed by atoms with Crippen molar-refractivity contribution in [3.05, 3.63) is 24.3 Å². The summed E-state index contributed by atoms with van der Waals surface area (Å²) in [6.45, 7) is 0.141. The number of methoxy groups -OCH3 is 1. The molecule has 0 saturated heterocycles. The summed E-state index contributed by atoms with van der Waals surface area (Å²) in [5.41, 5.74) is 6.71. The number of hydrogen-bond acceptors (Lipinski definition) is 4. The molecule has 0 aliphatic rings. The molecule has 0 aliphatic carbocycles. The number of amides is 3. The first-order valence-electron chi connectivity index (χ1n) is 5.71. The van der Waals surface area contributed by atoms with Crippen molar-refractivity contribution in [1.29, 1.82) is 0 Å². The first-order chi connectivity index (χ1) is 9.06. The Kier molecular flexibility index (Phi) is 5.77. The van der Waals surface area contributed by atoms with Crippen LogP contribution in [0.1, 0.15) is 0 Å². The molecule has 1 unspecified atom stereocenters. The maximum absolute atomic E-state index is 11.7. The molecule has 104 valence electrons. The van der Waals surface area contributed by atoms with Crippen LogP contribution in [0.25, 0.3) is 0 Å². The molecule has 0 radical (unpaired) electrons. The van der Waals surface area contributed by atoms with E-state index < -0.39 is 6.04 Å². The molecule has 0 saturated carbocycles. The Morgan fingerprint density at radius 2 is 1.95 bits per heavy atom. The molecule has 0 aromatic heterocycles. The molecule has 1 rings (SSSR count). The molecule has 0 fully saturated rings. The van der Waals surface area contributed by atoms with Gasteiger partial charge in [0, 0.05) is 25.5 Å². The molecule has 1 aromatic rings. The Labute approximate surface area is 111 Å². The van der Waals surface area contributed by atoms with E-state index in [0.29, 0.717) is 11.4 Å². The third-order valence-electron chi connectivity index (χ3n) is 2.30. The second-order valence-corrected chi connectivity index (χ2v) is 3.84. The van der Waals surface area contributed by atoms with Gasteiger partial charge in [-0.05, 0) is 18.2 Å². The molecular formula is C12H18N4O3. The quantitative estimate of drug-likeness (QED) is 0.617. The minimum absolute atomic E-state index is 0.141. The van der Waals surface area contributed by atoms with Crippen LogP contribution in [0.2, 0.25) is 0 Å². The molecule has 1 aromatic carbocycles. The highest BCUT2D eigenvalue weighted by molar-refractivity contribution is 5.96. The standard InChI is InChI=1S/C12H18N4O3/c1-14-12(18)16-9-5-3-4-8(6-9)15-11(17)10(13)7-19-2/h3-6,10H,7,13H2,1-2H3,(H,15,17)(H2,14,16,18). The summed E-state index contributed by atoms with van der Waals surface area (Å²) < 4.78 is 4.80. The summed E-state index contributed by atoms with van der Waals surface area (Å²) in [4.78, 5) is 22.8. The van der Waals surface area contributed by atoms with Gasteiger partial charge in [0.15, 0.2) is 0 Å². The minimum Gasteiger partial charge on any atom is -0.383 e. The van der Waals surface area contributed by atoms with Gasteiger partial charge in [0.1, 0.15) is 6.04 Å². The van der Waals surface area contributed by atoms with Crippen LogP contribution in [0.4, 0.5) is 16.2 Å². The van der Waals surface area contributed by atoms with E-state index in [4.69, 9.17) is 10.5 Å². The number of anilines is 2. The van der Waals surface area contributed by atoms with Gasteiger partial charge in [-0.2, -0.15) is 0 Å². The zero-order valence-electron chi connectivity index (χ0n) is 10.9. The van der Waals surface area contributed by atoms with Gasteiger partial charge in [-0.15, -0.1) is 0 Å². The molecule has 19 heavy (non-hydrogen) atoms. The van der Waals surface area contributed by atoms with Crippen LogP contribution in [0.3, 0.4) is 0 Å². The van der Waals surface area contributed by atoms with E-state index in [2.05, 4.69) is 16.0 Å². The number of nitrogens with two attached hydrogens (primary N) is 1. The van der Waals surface area contributed by atoms with Crippen LogP contribution >= 0.6 is 0 Å². The van der Waals surface area contributed by atoms with Crippen LogP contribution in [0.5, 0.6) is 0 Å². The largest absolute Gasteiger partial charge is 0.383 e. The molecule has 0 heterocycles. The number of nitrogens with one attached hydrogen (secondary N) is 3.